The minimum absolute atomic E-state index is 0.0521. The fourth-order valence-corrected chi connectivity index (χ4v) is 4.57. The number of benzene rings is 1. The molecule has 122 valence electrons. The van der Waals surface area contributed by atoms with E-state index in [9.17, 15) is 4.79 Å². The van der Waals surface area contributed by atoms with Crippen LogP contribution in [-0.4, -0.2) is 63.1 Å². The molecule has 2 aliphatic rings. The van der Waals surface area contributed by atoms with Gasteiger partial charge in [0.05, 0.1) is 17.8 Å². The van der Waals surface area contributed by atoms with Gasteiger partial charge in [-0.05, 0) is 24.9 Å². The first-order valence-electron chi connectivity index (χ1n) is 8.34. The van der Waals surface area contributed by atoms with Crippen LogP contribution in [0.3, 0.4) is 0 Å². The number of carbonyl (C=O) groups excluding carboxylic acids is 1. The second-order valence-corrected chi connectivity index (χ2v) is 7.54. The summed E-state index contributed by atoms with van der Waals surface area (Å²) in [7, 11) is 0. The van der Waals surface area contributed by atoms with Gasteiger partial charge in [-0.25, -0.2) is 0 Å². The van der Waals surface area contributed by atoms with Gasteiger partial charge in [0, 0.05) is 36.5 Å². The number of carbonyl (C=O) groups is 1. The van der Waals surface area contributed by atoms with Gasteiger partial charge in [-0.3, -0.25) is 14.8 Å². The van der Waals surface area contributed by atoms with Crippen LogP contribution in [0.4, 0.5) is 0 Å². The summed E-state index contributed by atoms with van der Waals surface area (Å²) in [6.45, 7) is 3.63. The number of H-pyrrole nitrogens is 1. The topological polar surface area (TPSA) is 52.2 Å². The molecule has 2 aliphatic heterocycles. The van der Waals surface area contributed by atoms with Crippen molar-refractivity contribution >= 4 is 28.6 Å². The van der Waals surface area contributed by atoms with Gasteiger partial charge in [0.1, 0.15) is 0 Å². The lowest BCUT2D eigenvalue weighted by Crippen LogP contribution is -2.48. The van der Waals surface area contributed by atoms with Crippen molar-refractivity contribution in [3.05, 3.63) is 30.0 Å². The summed E-state index contributed by atoms with van der Waals surface area (Å²) in [4.78, 5) is 17.3. The van der Waals surface area contributed by atoms with Gasteiger partial charge in [0.25, 0.3) is 0 Å². The first-order valence-corrected chi connectivity index (χ1v) is 9.50. The van der Waals surface area contributed by atoms with Crippen molar-refractivity contribution in [3.63, 3.8) is 0 Å². The van der Waals surface area contributed by atoms with Gasteiger partial charge in [-0.15, -0.1) is 0 Å². The van der Waals surface area contributed by atoms with Gasteiger partial charge >= 0.3 is 0 Å². The van der Waals surface area contributed by atoms with Crippen LogP contribution >= 0.6 is 11.8 Å². The number of likely N-dealkylation sites (tertiary alicyclic amines) is 1. The molecular weight excluding hydrogens is 308 g/mol. The first kappa shape index (κ1) is 15.0. The van der Waals surface area contributed by atoms with Crippen molar-refractivity contribution in [2.45, 2.75) is 25.4 Å². The zero-order valence-corrected chi connectivity index (χ0v) is 14.0. The van der Waals surface area contributed by atoms with Crippen molar-refractivity contribution in [3.8, 4) is 0 Å². The molecule has 2 aromatic rings. The first-order chi connectivity index (χ1) is 11.3. The van der Waals surface area contributed by atoms with Crippen molar-refractivity contribution < 1.29 is 4.79 Å². The van der Waals surface area contributed by atoms with E-state index in [1.807, 2.05) is 18.0 Å². The summed E-state index contributed by atoms with van der Waals surface area (Å²) in [5, 5.41) is 8.37. The highest BCUT2D eigenvalue weighted by molar-refractivity contribution is 7.99. The van der Waals surface area contributed by atoms with Gasteiger partial charge in [0.2, 0.25) is 5.91 Å². The zero-order valence-electron chi connectivity index (χ0n) is 13.2. The Bertz CT molecular complexity index is 695. The fourth-order valence-electron chi connectivity index (χ4n) is 3.67. The Morgan fingerprint density at radius 1 is 1.30 bits per heavy atom. The smallest absolute Gasteiger partial charge is 0.239 e. The maximum Gasteiger partial charge on any atom is 0.239 e. The van der Waals surface area contributed by atoms with Crippen LogP contribution in [0.2, 0.25) is 0 Å². The lowest BCUT2D eigenvalue weighted by Gasteiger charge is -2.32. The number of hydrogen-bond donors (Lipinski definition) is 1. The van der Waals surface area contributed by atoms with Crippen LogP contribution in [0.5, 0.6) is 0 Å². The number of nitrogens with zero attached hydrogens (tertiary/aromatic N) is 3. The highest BCUT2D eigenvalue weighted by Crippen LogP contribution is 2.25. The van der Waals surface area contributed by atoms with Crippen molar-refractivity contribution in [2.24, 2.45) is 0 Å². The normalized spacial score (nSPS) is 22.8. The van der Waals surface area contributed by atoms with Crippen molar-refractivity contribution in [1.82, 2.24) is 20.0 Å². The van der Waals surface area contributed by atoms with Crippen LogP contribution in [0.1, 0.15) is 18.4 Å². The lowest BCUT2D eigenvalue weighted by atomic mass is 10.1. The third-order valence-corrected chi connectivity index (χ3v) is 5.85. The summed E-state index contributed by atoms with van der Waals surface area (Å²) in [5.41, 5.74) is 2.33. The summed E-state index contributed by atoms with van der Waals surface area (Å²) < 4.78 is 0. The highest BCUT2D eigenvalue weighted by atomic mass is 32.2. The Morgan fingerprint density at radius 3 is 3.04 bits per heavy atom. The molecule has 0 bridgehead atoms. The maximum absolute atomic E-state index is 12.9. The summed E-state index contributed by atoms with van der Waals surface area (Å²) in [6.07, 6.45) is 3.95. The molecule has 4 rings (SSSR count). The molecule has 0 radical (unpaired) electrons. The average molecular weight is 330 g/mol. The molecule has 2 fully saturated rings. The van der Waals surface area contributed by atoms with Crippen LogP contribution in [0.15, 0.2) is 24.4 Å². The van der Waals surface area contributed by atoms with E-state index in [1.54, 1.807) is 0 Å². The van der Waals surface area contributed by atoms with Gasteiger partial charge in [0.15, 0.2) is 0 Å². The average Bonchev–Trinajstić information content (AvgIpc) is 3.24. The largest absolute Gasteiger partial charge is 0.340 e. The molecule has 1 amide bonds. The number of hydrogen-bond acceptors (Lipinski definition) is 4. The summed E-state index contributed by atoms with van der Waals surface area (Å²) in [5.74, 6) is 2.48. The Hall–Kier alpha value is -1.53. The Balaban J connectivity index is 1.51. The Labute approximate surface area is 140 Å². The minimum atomic E-state index is 0.0521. The van der Waals surface area contributed by atoms with Crippen LogP contribution in [0.25, 0.3) is 10.9 Å². The van der Waals surface area contributed by atoms with Gasteiger partial charge < -0.3 is 4.90 Å². The van der Waals surface area contributed by atoms with Crippen LogP contribution in [-0.2, 0) is 11.3 Å². The van der Waals surface area contributed by atoms with E-state index < -0.39 is 0 Å². The quantitative estimate of drug-likeness (QED) is 0.936. The molecule has 1 aromatic heterocycles. The molecule has 0 saturated carbocycles. The number of aromatic amines is 1. The lowest BCUT2D eigenvalue weighted by molar-refractivity contribution is -0.135. The third-order valence-electron chi connectivity index (χ3n) is 4.91. The SMILES string of the molecule is O=C([C@@H]1CCCN1Cc1cccc2cn[nH]c12)N1CCSCC1. The van der Waals surface area contributed by atoms with E-state index in [1.165, 1.54) is 5.56 Å². The highest BCUT2D eigenvalue weighted by Gasteiger charge is 2.34. The number of nitrogens with one attached hydrogen (secondary N) is 1. The number of rotatable bonds is 3. The standard InChI is InChI=1S/C17H22N4OS/c22-17(20-7-9-23-10-8-20)15-5-2-6-21(15)12-14-4-1-3-13-11-18-19-16(13)14/h1,3-4,11,15H,2,5-10,12H2,(H,18,19)/t15-/m0/s1. The molecule has 1 N–H and O–H groups in total. The van der Waals surface area contributed by atoms with Crippen molar-refractivity contribution in [1.29, 1.82) is 0 Å². The Morgan fingerprint density at radius 2 is 2.17 bits per heavy atom. The zero-order chi connectivity index (χ0) is 15.6. The molecule has 0 aliphatic carbocycles. The number of fused-ring (bicyclic) bond motifs is 1. The minimum Gasteiger partial charge on any atom is -0.340 e. The second-order valence-electron chi connectivity index (χ2n) is 6.32. The molecular formula is C17H22N4OS. The second kappa shape index (κ2) is 6.53. The summed E-state index contributed by atoms with van der Waals surface area (Å²) >= 11 is 1.95. The maximum atomic E-state index is 12.9. The molecule has 0 spiro atoms. The van der Waals surface area contributed by atoms with Crippen LogP contribution < -0.4 is 0 Å². The van der Waals surface area contributed by atoms with E-state index in [-0.39, 0.29) is 6.04 Å². The molecule has 6 heteroatoms. The predicted molar refractivity (Wildman–Crippen MR) is 93.4 cm³/mol. The molecule has 1 atom stereocenters. The van der Waals surface area contributed by atoms with E-state index >= 15 is 0 Å². The molecule has 1 aromatic carbocycles. The molecule has 3 heterocycles. The molecule has 23 heavy (non-hydrogen) atoms. The number of para-hydroxylation sites is 1. The van der Waals surface area contributed by atoms with Gasteiger partial charge in [-0.2, -0.15) is 16.9 Å². The molecule has 5 nitrogen and oxygen atoms in total. The molecule has 2 saturated heterocycles. The third kappa shape index (κ3) is 2.97. The van der Waals surface area contributed by atoms with E-state index in [0.29, 0.717) is 5.91 Å². The van der Waals surface area contributed by atoms with E-state index in [0.717, 1.165) is 61.4 Å². The predicted octanol–water partition coefficient (Wildman–Crippen LogP) is 2.10. The Kier molecular flexibility index (Phi) is 4.27. The van der Waals surface area contributed by atoms with E-state index in [2.05, 4.69) is 38.2 Å². The number of amides is 1. The number of aromatic nitrogens is 2. The summed E-state index contributed by atoms with van der Waals surface area (Å²) in [6, 6.07) is 6.33. The van der Waals surface area contributed by atoms with Crippen molar-refractivity contribution in [2.75, 3.05) is 31.1 Å². The van der Waals surface area contributed by atoms with Gasteiger partial charge in [-0.1, -0.05) is 18.2 Å². The van der Waals surface area contributed by atoms with E-state index in [4.69, 9.17) is 0 Å². The van der Waals surface area contributed by atoms with Crippen LogP contribution in [0, 0.1) is 0 Å². The fraction of sp³-hybridized carbons (Fsp3) is 0.529. The number of thioether (sulfide) groups is 1. The molecule has 0 unspecified atom stereocenters. The monoisotopic (exact) mass is 330 g/mol.